The molecule has 0 saturated carbocycles. The second kappa shape index (κ2) is 9.04. The Bertz CT molecular complexity index is 1460. The summed E-state index contributed by atoms with van der Waals surface area (Å²) in [5.41, 5.74) is 1.20. The number of carbonyl (C=O) groups excluding carboxylic acids is 3. The van der Waals surface area contributed by atoms with E-state index in [1.807, 2.05) is 38.1 Å². The highest BCUT2D eigenvalue weighted by Gasteiger charge is 2.56. The Kier molecular flexibility index (Phi) is 5.98. The van der Waals surface area contributed by atoms with E-state index in [0.717, 1.165) is 5.56 Å². The largest absolute Gasteiger partial charge is 0.350 e. The fourth-order valence-corrected chi connectivity index (χ4v) is 5.59. The zero-order valence-corrected chi connectivity index (χ0v) is 20.9. The molecule has 2 aromatic carbocycles. The number of rotatable bonds is 5. The number of nitrogens with one attached hydrogen (secondary N) is 2. The third-order valence-corrected chi connectivity index (χ3v) is 7.50. The molecule has 0 unspecified atom stereocenters. The number of aromatic nitrogens is 1. The Labute approximate surface area is 214 Å². The van der Waals surface area contributed by atoms with Gasteiger partial charge in [0.15, 0.2) is 0 Å². The summed E-state index contributed by atoms with van der Waals surface area (Å²) < 4.78 is 13.7. The molecule has 0 radical (unpaired) electrons. The Balaban J connectivity index is 1.46. The Morgan fingerprint density at radius 2 is 2.00 bits per heavy atom. The molecule has 1 spiro atoms. The summed E-state index contributed by atoms with van der Waals surface area (Å²) in [6, 6.07) is 13.7. The van der Waals surface area contributed by atoms with Gasteiger partial charge in [-0.1, -0.05) is 32.0 Å². The number of anilines is 1. The predicted octanol–water partition coefficient (Wildman–Crippen LogP) is 3.81. The van der Waals surface area contributed by atoms with Crippen molar-refractivity contribution in [2.24, 2.45) is 5.92 Å². The lowest BCUT2D eigenvalue weighted by atomic mass is 9.80. The van der Waals surface area contributed by atoms with Crippen LogP contribution in [0.1, 0.15) is 42.7 Å². The van der Waals surface area contributed by atoms with E-state index in [1.54, 1.807) is 19.2 Å². The lowest BCUT2D eigenvalue weighted by molar-refractivity contribution is -0.136. The van der Waals surface area contributed by atoms with Crippen LogP contribution in [0.5, 0.6) is 0 Å². The van der Waals surface area contributed by atoms with Crippen LogP contribution in [-0.2, 0) is 15.0 Å². The molecule has 3 aromatic rings. The minimum atomic E-state index is -1.00. The summed E-state index contributed by atoms with van der Waals surface area (Å²) in [7, 11) is 1.56. The van der Waals surface area contributed by atoms with Crippen molar-refractivity contribution in [1.29, 1.82) is 5.26 Å². The molecule has 2 N–H and O–H groups in total. The van der Waals surface area contributed by atoms with Crippen molar-refractivity contribution >= 4 is 34.3 Å². The molecule has 5 rings (SSSR count). The highest BCUT2D eigenvalue weighted by atomic mass is 19.1. The number of benzene rings is 2. The zero-order valence-electron chi connectivity index (χ0n) is 20.9. The Morgan fingerprint density at radius 3 is 2.73 bits per heavy atom. The molecular formula is C28H28FN5O3. The van der Waals surface area contributed by atoms with E-state index < -0.39 is 29.2 Å². The van der Waals surface area contributed by atoms with Crippen LogP contribution in [-0.4, -0.2) is 58.2 Å². The molecule has 1 aromatic heterocycles. The monoisotopic (exact) mass is 501 g/mol. The Morgan fingerprint density at radius 1 is 1.24 bits per heavy atom. The van der Waals surface area contributed by atoms with E-state index in [2.05, 4.69) is 16.4 Å². The summed E-state index contributed by atoms with van der Waals surface area (Å²) >= 11 is 0. The number of likely N-dealkylation sites (N-methyl/N-ethyl adjacent to an activating group) is 1. The fraction of sp³-hybridized carbons (Fsp3) is 0.357. The van der Waals surface area contributed by atoms with E-state index in [4.69, 9.17) is 0 Å². The number of amides is 3. The Hall–Kier alpha value is -4.19. The molecule has 1 fully saturated rings. The molecule has 0 aliphatic carbocycles. The van der Waals surface area contributed by atoms with Crippen LogP contribution < -0.4 is 5.32 Å². The van der Waals surface area contributed by atoms with Crippen molar-refractivity contribution in [1.82, 2.24) is 14.8 Å². The number of hydrogen-bond acceptors (Lipinski definition) is 4. The summed E-state index contributed by atoms with van der Waals surface area (Å²) in [6.07, 6.45) is 0.568. The van der Waals surface area contributed by atoms with Gasteiger partial charge >= 0.3 is 0 Å². The quantitative estimate of drug-likeness (QED) is 0.554. The van der Waals surface area contributed by atoms with Gasteiger partial charge in [0.25, 0.3) is 5.91 Å². The van der Waals surface area contributed by atoms with Crippen LogP contribution in [0.15, 0.2) is 48.5 Å². The number of fused-ring (bicyclic) bond motifs is 3. The SMILES string of the molecule is CC(C)C[C@@H](C(=O)N1C[C@]2(C[C@H]1C#N)C(=O)Nc1ccccc12)N(C)C(=O)c1cc2ccc(F)cc2[nH]1. The van der Waals surface area contributed by atoms with Gasteiger partial charge in [-0.2, -0.15) is 5.26 Å². The number of halogens is 1. The van der Waals surface area contributed by atoms with Gasteiger partial charge < -0.3 is 20.1 Å². The number of carbonyl (C=O) groups is 3. The fourth-order valence-electron chi connectivity index (χ4n) is 5.59. The second-order valence-electron chi connectivity index (χ2n) is 10.4. The van der Waals surface area contributed by atoms with Gasteiger partial charge in [-0.15, -0.1) is 0 Å². The molecule has 8 nitrogen and oxygen atoms in total. The standard InChI is InChI=1S/C28H28FN5O3/c1-16(2)10-24(33(3)25(35)23-11-17-8-9-18(29)12-22(17)31-23)26(36)34-15-28(13-19(34)14-30)20-6-4-5-7-21(20)32-27(28)37/h4-9,11-12,16,19,24,31H,10,13,15H2,1-3H3,(H,32,37)/t19-,24-,28-/m0/s1. The van der Waals surface area contributed by atoms with Gasteiger partial charge in [0.1, 0.15) is 23.6 Å². The highest BCUT2D eigenvalue weighted by molar-refractivity contribution is 6.07. The minimum absolute atomic E-state index is 0.0647. The molecule has 2 aliphatic rings. The minimum Gasteiger partial charge on any atom is -0.350 e. The normalized spacial score (nSPS) is 21.2. The van der Waals surface area contributed by atoms with Gasteiger partial charge in [-0.3, -0.25) is 14.4 Å². The summed E-state index contributed by atoms with van der Waals surface area (Å²) in [4.78, 5) is 46.4. The van der Waals surface area contributed by atoms with Crippen LogP contribution in [0.2, 0.25) is 0 Å². The zero-order chi connectivity index (χ0) is 26.5. The molecule has 3 atom stereocenters. The molecule has 190 valence electrons. The maximum Gasteiger partial charge on any atom is 0.270 e. The van der Waals surface area contributed by atoms with Crippen LogP contribution in [0.4, 0.5) is 10.1 Å². The van der Waals surface area contributed by atoms with Crippen molar-refractivity contribution in [3.8, 4) is 6.07 Å². The van der Waals surface area contributed by atoms with Crippen molar-refractivity contribution in [3.63, 3.8) is 0 Å². The van der Waals surface area contributed by atoms with E-state index >= 15 is 0 Å². The first kappa shape index (κ1) is 24.5. The first-order valence-corrected chi connectivity index (χ1v) is 12.3. The lowest BCUT2D eigenvalue weighted by Gasteiger charge is -2.33. The average molecular weight is 502 g/mol. The molecule has 3 heterocycles. The number of H-pyrrole nitrogens is 1. The van der Waals surface area contributed by atoms with Crippen LogP contribution in [0.3, 0.4) is 0 Å². The van der Waals surface area contributed by atoms with E-state index in [0.29, 0.717) is 23.0 Å². The number of para-hydroxylation sites is 1. The smallest absolute Gasteiger partial charge is 0.270 e. The molecule has 9 heteroatoms. The van der Waals surface area contributed by atoms with E-state index in [-0.39, 0.29) is 36.4 Å². The first-order chi connectivity index (χ1) is 17.6. The molecule has 1 saturated heterocycles. The highest BCUT2D eigenvalue weighted by Crippen LogP contribution is 2.46. The summed E-state index contributed by atoms with van der Waals surface area (Å²) in [5, 5.41) is 13.5. The van der Waals surface area contributed by atoms with Gasteiger partial charge in [0.05, 0.1) is 11.5 Å². The topological polar surface area (TPSA) is 109 Å². The van der Waals surface area contributed by atoms with Crippen molar-refractivity contribution in [2.75, 3.05) is 18.9 Å². The van der Waals surface area contributed by atoms with Crippen LogP contribution in [0, 0.1) is 23.1 Å². The lowest BCUT2D eigenvalue weighted by Crippen LogP contribution is -2.52. The van der Waals surface area contributed by atoms with Gasteiger partial charge in [0, 0.05) is 36.6 Å². The van der Waals surface area contributed by atoms with Crippen molar-refractivity contribution in [2.45, 2.75) is 44.2 Å². The summed E-state index contributed by atoms with van der Waals surface area (Å²) in [5.74, 6) is -1.35. The second-order valence-corrected chi connectivity index (χ2v) is 10.4. The molecule has 2 aliphatic heterocycles. The van der Waals surface area contributed by atoms with Crippen molar-refractivity contribution in [3.05, 3.63) is 65.6 Å². The number of hydrogen-bond donors (Lipinski definition) is 2. The number of likely N-dealkylation sites (tertiary alicyclic amines) is 1. The average Bonchev–Trinajstić information content (AvgIpc) is 3.55. The molecule has 37 heavy (non-hydrogen) atoms. The first-order valence-electron chi connectivity index (χ1n) is 12.3. The van der Waals surface area contributed by atoms with Crippen molar-refractivity contribution < 1.29 is 18.8 Å². The third kappa shape index (κ3) is 4.02. The number of nitrogens with zero attached hydrogens (tertiary/aromatic N) is 3. The molecular weight excluding hydrogens is 473 g/mol. The van der Waals surface area contributed by atoms with Crippen LogP contribution in [0.25, 0.3) is 10.9 Å². The van der Waals surface area contributed by atoms with E-state index in [9.17, 15) is 24.0 Å². The number of nitriles is 1. The van der Waals surface area contributed by atoms with Crippen LogP contribution >= 0.6 is 0 Å². The summed E-state index contributed by atoms with van der Waals surface area (Å²) in [6.45, 7) is 3.98. The van der Waals surface area contributed by atoms with Gasteiger partial charge in [0.2, 0.25) is 11.8 Å². The van der Waals surface area contributed by atoms with Gasteiger partial charge in [-0.05, 0) is 48.2 Å². The molecule has 3 amide bonds. The maximum atomic E-state index is 14.0. The number of aromatic amines is 1. The maximum absolute atomic E-state index is 14.0. The predicted molar refractivity (Wildman–Crippen MR) is 136 cm³/mol. The van der Waals surface area contributed by atoms with Gasteiger partial charge in [-0.25, -0.2) is 4.39 Å². The molecule has 0 bridgehead atoms. The third-order valence-electron chi connectivity index (χ3n) is 7.50. The van der Waals surface area contributed by atoms with E-state index in [1.165, 1.54) is 21.9 Å².